The van der Waals surface area contributed by atoms with Gasteiger partial charge in [-0.05, 0) is 24.1 Å². The topological polar surface area (TPSA) is 93.0 Å². The van der Waals surface area contributed by atoms with Gasteiger partial charge in [0.25, 0.3) is 5.69 Å². The molecule has 2 aromatic carbocycles. The maximum absolute atomic E-state index is 12.6. The van der Waals surface area contributed by atoms with Crippen LogP contribution in [0.25, 0.3) is 0 Å². The number of nitro groups is 1. The van der Waals surface area contributed by atoms with Gasteiger partial charge in [-0.15, -0.1) is 0 Å². The Bertz CT molecular complexity index is 869. The van der Waals surface area contributed by atoms with Gasteiger partial charge in [-0.3, -0.25) is 19.8 Å². The number of nitro benzene ring substituents is 1. The van der Waals surface area contributed by atoms with E-state index in [1.54, 1.807) is 13.0 Å². The van der Waals surface area contributed by atoms with Crippen molar-refractivity contribution in [1.29, 1.82) is 0 Å². The summed E-state index contributed by atoms with van der Waals surface area (Å²) < 4.78 is 5.33. The third-order valence-electron chi connectivity index (χ3n) is 4.34. The molecule has 0 bridgehead atoms. The monoisotopic (exact) mass is 369 g/mol. The fourth-order valence-corrected chi connectivity index (χ4v) is 2.98. The van der Waals surface area contributed by atoms with Crippen LogP contribution in [0.15, 0.2) is 48.5 Å². The zero-order valence-corrected chi connectivity index (χ0v) is 14.8. The van der Waals surface area contributed by atoms with Crippen LogP contribution in [0.3, 0.4) is 0 Å². The number of ether oxygens (including phenoxy) is 1. The predicted molar refractivity (Wildman–Crippen MR) is 98.2 cm³/mol. The van der Waals surface area contributed by atoms with E-state index in [0.717, 1.165) is 5.56 Å². The van der Waals surface area contributed by atoms with E-state index in [0.29, 0.717) is 17.8 Å². The fraction of sp³-hybridized carbons (Fsp3) is 0.263. The molecule has 2 aromatic rings. The summed E-state index contributed by atoms with van der Waals surface area (Å²) in [6.07, 6.45) is -0.602. The first-order valence-corrected chi connectivity index (χ1v) is 8.53. The lowest BCUT2D eigenvalue weighted by Gasteiger charge is -2.21. The number of likely N-dealkylation sites (N-methyl/N-ethyl adjacent to an activating group) is 1. The summed E-state index contributed by atoms with van der Waals surface area (Å²) in [7, 11) is 0. The molecular weight excluding hydrogens is 350 g/mol. The van der Waals surface area contributed by atoms with Gasteiger partial charge in [-0.25, -0.2) is 4.79 Å². The number of non-ortho nitro benzene ring substituents is 1. The van der Waals surface area contributed by atoms with Crippen LogP contribution in [0.1, 0.15) is 18.1 Å². The van der Waals surface area contributed by atoms with Crippen molar-refractivity contribution in [2.45, 2.75) is 20.1 Å². The van der Waals surface area contributed by atoms with E-state index in [9.17, 15) is 19.7 Å². The molecule has 0 atom stereocenters. The Labute approximate surface area is 156 Å². The number of rotatable bonds is 4. The number of amides is 2. The third-order valence-corrected chi connectivity index (χ3v) is 4.34. The van der Waals surface area contributed by atoms with Crippen molar-refractivity contribution in [2.24, 2.45) is 0 Å². The Morgan fingerprint density at radius 3 is 2.59 bits per heavy atom. The summed E-state index contributed by atoms with van der Waals surface area (Å²) in [4.78, 5) is 38.4. The Morgan fingerprint density at radius 1 is 1.19 bits per heavy atom. The van der Waals surface area contributed by atoms with Crippen molar-refractivity contribution in [1.82, 2.24) is 4.90 Å². The van der Waals surface area contributed by atoms with Crippen molar-refractivity contribution < 1.29 is 19.2 Å². The molecule has 1 aliphatic heterocycles. The third kappa shape index (κ3) is 4.05. The van der Waals surface area contributed by atoms with Crippen LogP contribution in [0.2, 0.25) is 0 Å². The van der Waals surface area contributed by atoms with Crippen LogP contribution < -0.4 is 4.90 Å². The van der Waals surface area contributed by atoms with Gasteiger partial charge in [0.05, 0.1) is 17.2 Å². The second-order valence-corrected chi connectivity index (χ2v) is 6.10. The van der Waals surface area contributed by atoms with Crippen LogP contribution in [-0.2, 0) is 22.7 Å². The molecule has 0 fully saturated rings. The van der Waals surface area contributed by atoms with E-state index in [1.165, 1.54) is 21.9 Å². The number of carbonyl (C=O) groups excluding carboxylic acids is 2. The maximum Gasteiger partial charge on any atom is 0.410 e. The molecule has 0 unspecified atom stereocenters. The minimum atomic E-state index is -0.602. The largest absolute Gasteiger partial charge is 0.445 e. The molecule has 0 aliphatic carbocycles. The number of carbonyl (C=O) groups is 2. The van der Waals surface area contributed by atoms with Crippen LogP contribution in [0.4, 0.5) is 16.2 Å². The zero-order valence-electron chi connectivity index (χ0n) is 14.8. The summed E-state index contributed by atoms with van der Waals surface area (Å²) >= 11 is 0. The van der Waals surface area contributed by atoms with Crippen LogP contribution >= 0.6 is 0 Å². The fourth-order valence-electron chi connectivity index (χ4n) is 2.98. The number of benzene rings is 2. The highest BCUT2D eigenvalue weighted by atomic mass is 16.6. The molecule has 27 heavy (non-hydrogen) atoms. The summed E-state index contributed by atoms with van der Waals surface area (Å²) in [6, 6.07) is 13.6. The van der Waals surface area contributed by atoms with Gasteiger partial charge in [0.2, 0.25) is 5.91 Å². The van der Waals surface area contributed by atoms with E-state index < -0.39 is 11.0 Å². The van der Waals surface area contributed by atoms with E-state index in [2.05, 4.69) is 0 Å². The molecule has 8 heteroatoms. The first-order chi connectivity index (χ1) is 13.0. The zero-order chi connectivity index (χ0) is 19.4. The summed E-state index contributed by atoms with van der Waals surface area (Å²) in [5, 5.41) is 11.1. The number of hydrogen-bond donors (Lipinski definition) is 0. The molecule has 3 rings (SSSR count). The minimum absolute atomic E-state index is 0.0971. The summed E-state index contributed by atoms with van der Waals surface area (Å²) in [5.74, 6) is -0.312. The highest BCUT2D eigenvalue weighted by molar-refractivity contribution is 5.98. The highest BCUT2D eigenvalue weighted by Gasteiger charge is 2.30. The van der Waals surface area contributed by atoms with E-state index in [4.69, 9.17) is 4.74 Å². The number of nitrogens with zero attached hydrogens (tertiary/aromatic N) is 3. The number of hydrogen-bond acceptors (Lipinski definition) is 5. The van der Waals surface area contributed by atoms with Gasteiger partial charge in [-0.2, -0.15) is 0 Å². The molecule has 0 spiro atoms. The lowest BCUT2D eigenvalue weighted by atomic mass is 10.1. The quantitative estimate of drug-likeness (QED) is 0.610. The molecule has 8 nitrogen and oxygen atoms in total. The molecule has 1 heterocycles. The van der Waals surface area contributed by atoms with Crippen molar-refractivity contribution >= 4 is 23.4 Å². The Kier molecular flexibility index (Phi) is 5.35. The van der Waals surface area contributed by atoms with Crippen molar-refractivity contribution in [2.75, 3.05) is 18.0 Å². The molecule has 0 saturated heterocycles. The average molecular weight is 369 g/mol. The lowest BCUT2D eigenvalue weighted by molar-refractivity contribution is -0.384. The minimum Gasteiger partial charge on any atom is -0.445 e. The Morgan fingerprint density at radius 2 is 1.93 bits per heavy atom. The Hall–Kier alpha value is -3.42. The normalized spacial score (nSPS) is 13.7. The molecule has 140 valence electrons. The SMILES string of the molecule is CCN1C(=O)CN(C(=O)OCc2ccccc2)Cc2ccc([N+](=O)[O-])cc21. The second kappa shape index (κ2) is 7.86. The molecule has 0 N–H and O–H groups in total. The van der Waals surface area contributed by atoms with Crippen molar-refractivity contribution in [3.8, 4) is 0 Å². The summed E-state index contributed by atoms with van der Waals surface area (Å²) in [6.45, 7) is 2.23. The summed E-state index contributed by atoms with van der Waals surface area (Å²) in [5.41, 5.74) is 1.86. The predicted octanol–water partition coefficient (Wildman–Crippen LogP) is 3.10. The first-order valence-electron chi connectivity index (χ1n) is 8.53. The van der Waals surface area contributed by atoms with Gasteiger partial charge in [-0.1, -0.05) is 30.3 Å². The van der Waals surface area contributed by atoms with Gasteiger partial charge < -0.3 is 9.64 Å². The molecule has 0 aromatic heterocycles. The van der Waals surface area contributed by atoms with Crippen molar-refractivity contribution in [3.05, 3.63) is 69.8 Å². The van der Waals surface area contributed by atoms with Gasteiger partial charge in [0, 0.05) is 18.7 Å². The standard InChI is InChI=1S/C19H19N3O5/c1-2-21-17-10-16(22(25)26)9-8-15(17)11-20(12-18(21)23)19(24)27-13-14-6-4-3-5-7-14/h3-10H,2,11-13H2,1H3. The number of anilines is 1. The van der Waals surface area contributed by atoms with Crippen LogP contribution in [-0.4, -0.2) is 34.9 Å². The maximum atomic E-state index is 12.6. The lowest BCUT2D eigenvalue weighted by Crippen LogP contribution is -2.40. The molecule has 0 saturated carbocycles. The molecule has 2 amide bonds. The molecule has 0 radical (unpaired) electrons. The smallest absolute Gasteiger partial charge is 0.410 e. The molecular formula is C19H19N3O5. The van der Waals surface area contributed by atoms with Crippen LogP contribution in [0.5, 0.6) is 0 Å². The van der Waals surface area contributed by atoms with E-state index in [-0.39, 0.29) is 31.3 Å². The van der Waals surface area contributed by atoms with Gasteiger partial charge in [0.1, 0.15) is 13.2 Å². The average Bonchev–Trinajstić information content (AvgIpc) is 2.81. The Balaban J connectivity index is 1.81. The van der Waals surface area contributed by atoms with Gasteiger partial charge >= 0.3 is 6.09 Å². The van der Waals surface area contributed by atoms with Crippen molar-refractivity contribution in [3.63, 3.8) is 0 Å². The first kappa shape index (κ1) is 18.4. The second-order valence-electron chi connectivity index (χ2n) is 6.10. The van der Waals surface area contributed by atoms with Crippen LogP contribution in [0, 0.1) is 10.1 Å². The number of fused-ring (bicyclic) bond motifs is 1. The highest BCUT2D eigenvalue weighted by Crippen LogP contribution is 2.30. The van der Waals surface area contributed by atoms with E-state index in [1.807, 2.05) is 30.3 Å². The van der Waals surface area contributed by atoms with Gasteiger partial charge in [0.15, 0.2) is 0 Å². The molecule has 1 aliphatic rings. The van der Waals surface area contributed by atoms with E-state index >= 15 is 0 Å².